The first-order valence-corrected chi connectivity index (χ1v) is 18.5. The zero-order chi connectivity index (χ0) is 36.6. The van der Waals surface area contributed by atoms with Crippen LogP contribution in [-0.4, -0.2) is 82.5 Å². The van der Waals surface area contributed by atoms with E-state index in [1.54, 1.807) is 12.3 Å². The highest BCUT2D eigenvalue weighted by Gasteiger charge is 2.41. The van der Waals surface area contributed by atoms with Crippen LogP contribution >= 0.6 is 0 Å². The number of halogens is 3. The number of ether oxygens (including phenoxy) is 2. The van der Waals surface area contributed by atoms with Crippen LogP contribution < -0.4 is 14.4 Å². The van der Waals surface area contributed by atoms with Gasteiger partial charge in [0, 0.05) is 48.4 Å². The molecule has 7 rings (SSSR count). The summed E-state index contributed by atoms with van der Waals surface area (Å²) in [6, 6.07) is 5.84. The molecular weight excluding hydrogens is 669 g/mol. The van der Waals surface area contributed by atoms with Crippen molar-refractivity contribution in [2.45, 2.75) is 77.5 Å². The standard InChI is InChI=1S/C40H47F3N6O3/c1-5-26-21-29-35(36(51-24-40(41,42)43)34(26)33-25(4)10-11-31-30(33)23-44-47-31)45-38(52-28-12-17-48(7-3)18-13-28)46-37(29)49-19-15-39(16-20-49)14-8-9-27(22-39)32(50)6-2/h5-6,10-11,21,23,27-28H,1-2,7-9,12-20,22,24H2,3-4H3,(H,44,47). The smallest absolute Gasteiger partial charge is 0.422 e. The minimum atomic E-state index is -4.60. The average Bonchev–Trinajstić information content (AvgIpc) is 3.62. The van der Waals surface area contributed by atoms with Gasteiger partial charge < -0.3 is 19.3 Å². The second kappa shape index (κ2) is 14.5. The summed E-state index contributed by atoms with van der Waals surface area (Å²) in [5, 5.41) is 8.53. The van der Waals surface area contributed by atoms with E-state index in [2.05, 4.69) is 40.1 Å². The number of aryl methyl sites for hydroxylation is 1. The minimum Gasteiger partial charge on any atom is -0.481 e. The monoisotopic (exact) mass is 716 g/mol. The number of rotatable bonds is 10. The van der Waals surface area contributed by atoms with Gasteiger partial charge in [-0.1, -0.05) is 38.6 Å². The van der Waals surface area contributed by atoms with Gasteiger partial charge in [0.25, 0.3) is 0 Å². The summed E-state index contributed by atoms with van der Waals surface area (Å²) in [6.45, 7) is 14.4. The zero-order valence-electron chi connectivity index (χ0n) is 30.0. The molecule has 0 bridgehead atoms. The Morgan fingerprint density at radius 2 is 1.83 bits per heavy atom. The van der Waals surface area contributed by atoms with E-state index >= 15 is 0 Å². The van der Waals surface area contributed by atoms with Crippen molar-refractivity contribution in [2.75, 3.05) is 44.2 Å². The van der Waals surface area contributed by atoms with Gasteiger partial charge in [-0.3, -0.25) is 9.89 Å². The predicted octanol–water partition coefficient (Wildman–Crippen LogP) is 8.46. The number of hydrogen-bond acceptors (Lipinski definition) is 8. The minimum absolute atomic E-state index is 0.00172. The van der Waals surface area contributed by atoms with Gasteiger partial charge in [-0.05, 0) is 98.7 Å². The number of hydrogen-bond donors (Lipinski definition) is 1. The number of carbonyl (C=O) groups excluding carboxylic acids is 1. The number of allylic oxidation sites excluding steroid dienone is 1. The van der Waals surface area contributed by atoms with E-state index in [0.29, 0.717) is 41.0 Å². The van der Waals surface area contributed by atoms with E-state index in [-0.39, 0.29) is 40.5 Å². The van der Waals surface area contributed by atoms with Crippen LogP contribution in [0.25, 0.3) is 39.0 Å². The van der Waals surface area contributed by atoms with Gasteiger partial charge in [-0.25, -0.2) is 0 Å². The molecule has 1 saturated carbocycles. The molecular formula is C40H47F3N6O3. The summed E-state index contributed by atoms with van der Waals surface area (Å²) < 4.78 is 54.3. The molecule has 52 heavy (non-hydrogen) atoms. The van der Waals surface area contributed by atoms with Gasteiger partial charge in [0.2, 0.25) is 0 Å². The maximum atomic E-state index is 14.0. The van der Waals surface area contributed by atoms with E-state index in [1.807, 2.05) is 25.1 Å². The third kappa shape index (κ3) is 7.14. The van der Waals surface area contributed by atoms with Crippen LogP contribution in [0.5, 0.6) is 11.8 Å². The molecule has 2 saturated heterocycles. The van der Waals surface area contributed by atoms with Gasteiger partial charge in [0.15, 0.2) is 18.1 Å². The Kier molecular flexibility index (Phi) is 10.0. The van der Waals surface area contributed by atoms with Gasteiger partial charge in [0.1, 0.15) is 17.4 Å². The van der Waals surface area contributed by atoms with Crippen LogP contribution in [0.3, 0.4) is 0 Å². The molecule has 4 aromatic rings. The van der Waals surface area contributed by atoms with Crippen LogP contribution in [0.15, 0.2) is 43.6 Å². The van der Waals surface area contributed by atoms with Crippen LogP contribution in [-0.2, 0) is 4.79 Å². The van der Waals surface area contributed by atoms with E-state index in [4.69, 9.17) is 19.4 Å². The number of aromatic nitrogens is 4. The Labute approximate surface area is 302 Å². The molecule has 9 nitrogen and oxygen atoms in total. The van der Waals surface area contributed by atoms with Crippen molar-refractivity contribution in [1.82, 2.24) is 25.1 Å². The molecule has 0 radical (unpaired) electrons. The number of likely N-dealkylation sites (tertiary alicyclic amines) is 1. The topological polar surface area (TPSA) is 96.5 Å². The highest BCUT2D eigenvalue weighted by molar-refractivity contribution is 6.07. The number of piperidine rings is 2. The van der Waals surface area contributed by atoms with Crippen LogP contribution in [0, 0.1) is 18.3 Å². The fourth-order valence-electron chi connectivity index (χ4n) is 8.69. The third-order valence-corrected chi connectivity index (χ3v) is 11.5. The van der Waals surface area contributed by atoms with Crippen molar-refractivity contribution >= 4 is 39.5 Å². The molecule has 276 valence electrons. The first-order valence-electron chi connectivity index (χ1n) is 18.5. The summed E-state index contributed by atoms with van der Waals surface area (Å²) in [5.41, 5.74) is 3.63. The molecule has 12 heteroatoms. The van der Waals surface area contributed by atoms with E-state index < -0.39 is 12.8 Å². The summed E-state index contributed by atoms with van der Waals surface area (Å²) in [5.74, 6) is 0.722. The molecule has 3 aliphatic rings. The Morgan fingerprint density at radius 1 is 1.06 bits per heavy atom. The number of benzene rings is 2. The Balaban J connectivity index is 1.37. The summed E-state index contributed by atoms with van der Waals surface area (Å²) in [6.07, 6.45) is 7.18. The van der Waals surface area contributed by atoms with E-state index in [1.165, 1.54) is 6.08 Å². The predicted molar refractivity (Wildman–Crippen MR) is 198 cm³/mol. The Hall–Kier alpha value is -4.45. The molecule has 3 fully saturated rings. The number of aromatic amines is 1. The van der Waals surface area contributed by atoms with Crippen molar-refractivity contribution in [2.24, 2.45) is 11.3 Å². The van der Waals surface area contributed by atoms with Crippen LogP contribution in [0.2, 0.25) is 0 Å². The zero-order valence-corrected chi connectivity index (χ0v) is 30.0. The highest BCUT2D eigenvalue weighted by atomic mass is 19.4. The molecule has 4 heterocycles. The number of ketones is 1. The fourth-order valence-corrected chi connectivity index (χ4v) is 8.69. The van der Waals surface area contributed by atoms with Crippen LogP contribution in [0.4, 0.5) is 19.0 Å². The largest absolute Gasteiger partial charge is 0.481 e. The Bertz CT molecular complexity index is 1970. The fraction of sp³-hybridized carbons (Fsp3) is 0.500. The SMILES string of the molecule is C=CC(=O)C1CCCC2(CCN(c3nc(OC4CCN(CC)CC4)nc4c(OCC(F)(F)F)c(-c5c(C)ccc6[nH]ncc56)c(C=C)cc34)CC2)C1. The van der Waals surface area contributed by atoms with Crippen LogP contribution in [0.1, 0.15) is 69.4 Å². The van der Waals surface area contributed by atoms with Gasteiger partial charge >= 0.3 is 12.2 Å². The number of alkyl halides is 3. The third-order valence-electron chi connectivity index (χ3n) is 11.5. The summed E-state index contributed by atoms with van der Waals surface area (Å²) in [7, 11) is 0. The lowest BCUT2D eigenvalue weighted by Gasteiger charge is -2.46. The second-order valence-electron chi connectivity index (χ2n) is 14.7. The number of anilines is 1. The average molecular weight is 717 g/mol. The number of fused-ring (bicyclic) bond motifs is 2. The lowest BCUT2D eigenvalue weighted by Crippen LogP contribution is -2.43. The molecule has 1 aliphatic carbocycles. The molecule has 2 aliphatic heterocycles. The van der Waals surface area contributed by atoms with Crippen molar-refractivity contribution < 1.29 is 27.4 Å². The summed E-state index contributed by atoms with van der Waals surface area (Å²) in [4.78, 5) is 27.1. The quantitative estimate of drug-likeness (QED) is 0.163. The molecule has 1 N–H and O–H groups in total. The number of H-pyrrole nitrogens is 1. The molecule has 2 aromatic heterocycles. The number of nitrogens with zero attached hydrogens (tertiary/aromatic N) is 5. The molecule has 1 unspecified atom stereocenters. The maximum absolute atomic E-state index is 14.0. The number of carbonyl (C=O) groups is 1. The van der Waals surface area contributed by atoms with Crippen molar-refractivity contribution in [3.05, 3.63) is 54.8 Å². The first-order chi connectivity index (χ1) is 25.0. The maximum Gasteiger partial charge on any atom is 0.422 e. The van der Waals surface area contributed by atoms with E-state index in [0.717, 1.165) is 87.5 Å². The van der Waals surface area contributed by atoms with E-state index in [9.17, 15) is 18.0 Å². The number of nitrogens with one attached hydrogen (secondary N) is 1. The molecule has 1 spiro atoms. The lowest BCUT2D eigenvalue weighted by molar-refractivity contribution is -0.153. The second-order valence-corrected chi connectivity index (χ2v) is 14.7. The molecule has 2 aromatic carbocycles. The van der Waals surface area contributed by atoms with Crippen molar-refractivity contribution in [3.63, 3.8) is 0 Å². The molecule has 0 amide bonds. The van der Waals surface area contributed by atoms with Gasteiger partial charge in [-0.15, -0.1) is 0 Å². The first kappa shape index (κ1) is 35.9. The highest BCUT2D eigenvalue weighted by Crippen LogP contribution is 2.50. The van der Waals surface area contributed by atoms with Gasteiger partial charge in [0.05, 0.1) is 11.7 Å². The van der Waals surface area contributed by atoms with Crippen molar-refractivity contribution in [1.29, 1.82) is 0 Å². The van der Waals surface area contributed by atoms with Gasteiger partial charge in [-0.2, -0.15) is 28.2 Å². The summed E-state index contributed by atoms with van der Waals surface area (Å²) >= 11 is 0. The lowest BCUT2D eigenvalue weighted by atomic mass is 9.64. The Morgan fingerprint density at radius 3 is 2.52 bits per heavy atom. The normalized spacial score (nSPS) is 20.0. The molecule has 1 atom stereocenters. The van der Waals surface area contributed by atoms with Crippen molar-refractivity contribution in [3.8, 4) is 22.9 Å².